The van der Waals surface area contributed by atoms with E-state index in [1.807, 2.05) is 4.57 Å². The minimum Gasteiger partial charge on any atom is -0.476 e. The number of hydrogen-bond acceptors (Lipinski definition) is 2. The van der Waals surface area contributed by atoms with Crippen molar-refractivity contribution in [3.63, 3.8) is 0 Å². The highest BCUT2D eigenvalue weighted by Crippen LogP contribution is 2.10. The predicted molar refractivity (Wildman–Crippen MR) is 71.9 cm³/mol. The highest BCUT2D eigenvalue weighted by Gasteiger charge is 2.12. The number of carboxylic acid groups (broad SMARTS) is 1. The van der Waals surface area contributed by atoms with Crippen LogP contribution in [0.1, 0.15) is 68.7 Å². The molecule has 0 fully saturated rings. The highest BCUT2D eigenvalue weighted by atomic mass is 16.4. The highest BCUT2D eigenvalue weighted by molar-refractivity contribution is 5.85. The van der Waals surface area contributed by atoms with Gasteiger partial charge in [0.1, 0.15) is 5.82 Å². The van der Waals surface area contributed by atoms with Crippen molar-refractivity contribution in [2.75, 3.05) is 0 Å². The molecule has 0 amide bonds. The van der Waals surface area contributed by atoms with Crippen molar-refractivity contribution in [3.8, 4) is 0 Å². The third-order valence-electron chi connectivity index (χ3n) is 3.08. The minimum atomic E-state index is -0.930. The number of rotatable bonds is 9. The summed E-state index contributed by atoms with van der Waals surface area (Å²) in [6.45, 7) is 5.21. The largest absolute Gasteiger partial charge is 0.476 e. The van der Waals surface area contributed by atoms with E-state index in [9.17, 15) is 4.79 Å². The summed E-state index contributed by atoms with van der Waals surface area (Å²) in [6, 6.07) is 0. The number of aryl methyl sites for hydroxylation is 2. The van der Waals surface area contributed by atoms with Gasteiger partial charge in [0.15, 0.2) is 5.69 Å². The molecule has 0 aliphatic carbocycles. The van der Waals surface area contributed by atoms with E-state index in [0.717, 1.165) is 31.6 Å². The van der Waals surface area contributed by atoms with Crippen molar-refractivity contribution in [1.82, 2.24) is 9.55 Å². The van der Waals surface area contributed by atoms with Gasteiger partial charge in [-0.15, -0.1) is 0 Å². The number of hydrogen-bond donors (Lipinski definition) is 1. The van der Waals surface area contributed by atoms with Crippen LogP contribution in [0.5, 0.6) is 0 Å². The quantitative estimate of drug-likeness (QED) is 0.684. The van der Waals surface area contributed by atoms with Crippen LogP contribution in [-0.4, -0.2) is 20.6 Å². The van der Waals surface area contributed by atoms with Crippen LogP contribution in [0, 0.1) is 0 Å². The Morgan fingerprint density at radius 3 is 2.50 bits per heavy atom. The van der Waals surface area contributed by atoms with Gasteiger partial charge in [0.2, 0.25) is 0 Å². The number of nitrogens with zero attached hydrogens (tertiary/aromatic N) is 2. The summed E-state index contributed by atoms with van der Waals surface area (Å²) in [5.74, 6) is -0.00191. The summed E-state index contributed by atoms with van der Waals surface area (Å²) in [4.78, 5) is 15.2. The minimum absolute atomic E-state index is 0.179. The zero-order valence-corrected chi connectivity index (χ0v) is 11.5. The van der Waals surface area contributed by atoms with E-state index in [1.54, 1.807) is 6.20 Å². The van der Waals surface area contributed by atoms with Crippen LogP contribution in [0.25, 0.3) is 0 Å². The maximum absolute atomic E-state index is 11.0. The van der Waals surface area contributed by atoms with Crippen LogP contribution in [0.15, 0.2) is 6.20 Å². The first-order chi connectivity index (χ1) is 8.69. The van der Waals surface area contributed by atoms with E-state index in [2.05, 4.69) is 18.8 Å². The summed E-state index contributed by atoms with van der Waals surface area (Å²) in [5.41, 5.74) is 0.179. The summed E-state index contributed by atoms with van der Waals surface area (Å²) < 4.78 is 2.02. The van der Waals surface area contributed by atoms with Gasteiger partial charge in [-0.25, -0.2) is 9.78 Å². The standard InChI is InChI=1S/C14H24N2O2/c1-3-5-7-9-13-15-12(14(17)18)11-16(13)10-8-6-4-2/h11H,3-10H2,1-2H3,(H,17,18). The van der Waals surface area contributed by atoms with Gasteiger partial charge in [0, 0.05) is 19.2 Å². The van der Waals surface area contributed by atoms with Gasteiger partial charge in [0.05, 0.1) is 0 Å². The Morgan fingerprint density at radius 1 is 1.22 bits per heavy atom. The molecule has 0 saturated carbocycles. The molecule has 0 bridgehead atoms. The Kier molecular flexibility index (Phi) is 6.47. The molecule has 1 aromatic rings. The molecule has 0 aliphatic rings. The van der Waals surface area contributed by atoms with E-state index < -0.39 is 5.97 Å². The van der Waals surface area contributed by atoms with Crippen LogP contribution >= 0.6 is 0 Å². The molecule has 0 aromatic carbocycles. The summed E-state index contributed by atoms with van der Waals surface area (Å²) >= 11 is 0. The molecular formula is C14H24N2O2. The fourth-order valence-corrected chi connectivity index (χ4v) is 2.02. The molecule has 0 atom stereocenters. The van der Waals surface area contributed by atoms with Crippen molar-refractivity contribution in [2.45, 2.75) is 65.3 Å². The molecule has 1 N–H and O–H groups in total. The van der Waals surface area contributed by atoms with Crippen LogP contribution in [0.4, 0.5) is 0 Å². The van der Waals surface area contributed by atoms with E-state index in [4.69, 9.17) is 5.11 Å². The number of aromatic carboxylic acids is 1. The Bertz CT molecular complexity index is 344. The van der Waals surface area contributed by atoms with Gasteiger partial charge in [-0.3, -0.25) is 0 Å². The Morgan fingerprint density at radius 2 is 1.89 bits per heavy atom. The monoisotopic (exact) mass is 252 g/mol. The third kappa shape index (κ3) is 4.51. The molecule has 0 saturated heterocycles. The van der Waals surface area contributed by atoms with Crippen LogP contribution in [0.2, 0.25) is 0 Å². The number of unbranched alkanes of at least 4 members (excludes halogenated alkanes) is 4. The maximum atomic E-state index is 11.0. The zero-order chi connectivity index (χ0) is 13.4. The van der Waals surface area contributed by atoms with E-state index in [0.29, 0.717) is 0 Å². The van der Waals surface area contributed by atoms with Gasteiger partial charge in [-0.1, -0.05) is 39.5 Å². The lowest BCUT2D eigenvalue weighted by atomic mass is 10.2. The van der Waals surface area contributed by atoms with Crippen molar-refractivity contribution in [3.05, 3.63) is 17.7 Å². The van der Waals surface area contributed by atoms with E-state index >= 15 is 0 Å². The molecule has 1 rings (SSSR count). The van der Waals surface area contributed by atoms with Crippen molar-refractivity contribution in [2.24, 2.45) is 0 Å². The fourth-order valence-electron chi connectivity index (χ4n) is 2.02. The SMILES string of the molecule is CCCCCc1nc(C(=O)O)cn1CCCCC. The molecule has 1 aromatic heterocycles. The van der Waals surface area contributed by atoms with Gasteiger partial charge in [-0.05, 0) is 12.8 Å². The van der Waals surface area contributed by atoms with E-state index in [-0.39, 0.29) is 5.69 Å². The Hall–Kier alpha value is -1.32. The number of carbonyl (C=O) groups is 1. The summed E-state index contributed by atoms with van der Waals surface area (Å²) in [7, 11) is 0. The molecular weight excluding hydrogens is 228 g/mol. The second kappa shape index (κ2) is 7.90. The zero-order valence-electron chi connectivity index (χ0n) is 11.5. The normalized spacial score (nSPS) is 10.8. The first kappa shape index (κ1) is 14.7. The molecule has 0 aliphatic heterocycles. The topological polar surface area (TPSA) is 55.1 Å². The first-order valence-electron chi connectivity index (χ1n) is 6.98. The third-order valence-corrected chi connectivity index (χ3v) is 3.08. The summed E-state index contributed by atoms with van der Waals surface area (Å²) in [6.07, 6.45) is 9.42. The van der Waals surface area contributed by atoms with Crippen molar-refractivity contribution >= 4 is 5.97 Å². The molecule has 0 unspecified atom stereocenters. The number of aromatic nitrogens is 2. The lowest BCUT2D eigenvalue weighted by Crippen LogP contribution is -2.03. The number of carboxylic acids is 1. The van der Waals surface area contributed by atoms with Gasteiger partial charge < -0.3 is 9.67 Å². The molecule has 4 nitrogen and oxygen atoms in total. The van der Waals surface area contributed by atoms with Gasteiger partial charge in [-0.2, -0.15) is 0 Å². The van der Waals surface area contributed by atoms with Crippen LogP contribution < -0.4 is 0 Å². The molecule has 0 radical (unpaired) electrons. The van der Waals surface area contributed by atoms with E-state index in [1.165, 1.54) is 25.7 Å². The van der Waals surface area contributed by atoms with Crippen molar-refractivity contribution in [1.29, 1.82) is 0 Å². The molecule has 102 valence electrons. The fraction of sp³-hybridized carbons (Fsp3) is 0.714. The van der Waals surface area contributed by atoms with Crippen molar-refractivity contribution < 1.29 is 9.90 Å². The molecule has 0 spiro atoms. The average Bonchev–Trinajstić information content (AvgIpc) is 2.74. The summed E-state index contributed by atoms with van der Waals surface area (Å²) in [5, 5.41) is 8.99. The van der Waals surface area contributed by atoms with Gasteiger partial charge in [0.25, 0.3) is 0 Å². The lowest BCUT2D eigenvalue weighted by molar-refractivity contribution is 0.0691. The predicted octanol–water partition coefficient (Wildman–Crippen LogP) is 3.50. The second-order valence-corrected chi connectivity index (χ2v) is 4.71. The Labute approximate surface area is 109 Å². The molecule has 18 heavy (non-hydrogen) atoms. The molecule has 1 heterocycles. The van der Waals surface area contributed by atoms with Crippen LogP contribution in [-0.2, 0) is 13.0 Å². The van der Waals surface area contributed by atoms with Gasteiger partial charge >= 0.3 is 5.97 Å². The number of imidazole rings is 1. The second-order valence-electron chi connectivity index (χ2n) is 4.71. The lowest BCUT2D eigenvalue weighted by Gasteiger charge is -2.06. The maximum Gasteiger partial charge on any atom is 0.356 e. The first-order valence-corrected chi connectivity index (χ1v) is 6.98. The smallest absolute Gasteiger partial charge is 0.356 e. The average molecular weight is 252 g/mol. The Balaban J connectivity index is 2.67. The molecule has 4 heteroatoms. The van der Waals surface area contributed by atoms with Crippen LogP contribution in [0.3, 0.4) is 0 Å².